The highest BCUT2D eigenvalue weighted by molar-refractivity contribution is 5.44. The Morgan fingerprint density at radius 2 is 2.29 bits per heavy atom. The Hall–Kier alpha value is -1.68. The van der Waals surface area contributed by atoms with E-state index in [1.807, 2.05) is 17.6 Å². The fourth-order valence-electron chi connectivity index (χ4n) is 2.36. The molecule has 0 unspecified atom stereocenters. The first kappa shape index (κ1) is 10.5. The number of benzene rings is 1. The zero-order valence-corrected chi connectivity index (χ0v) is 9.70. The van der Waals surface area contributed by atoms with Crippen LogP contribution in [-0.4, -0.2) is 16.1 Å². The molecule has 3 rings (SSSR count). The van der Waals surface area contributed by atoms with Crippen LogP contribution < -0.4 is 5.32 Å². The molecule has 1 aliphatic heterocycles. The number of nitrogens with zero attached hydrogens (tertiary/aromatic N) is 2. The Labute approximate surface area is 99.3 Å². The first-order chi connectivity index (χ1) is 8.27. The predicted molar refractivity (Wildman–Crippen MR) is 63.7 cm³/mol. The van der Waals surface area contributed by atoms with Crippen LogP contribution in [-0.2, 0) is 13.0 Å². The van der Waals surface area contributed by atoms with E-state index in [-0.39, 0.29) is 5.82 Å². The lowest BCUT2D eigenvalue weighted by Gasteiger charge is -2.16. The summed E-state index contributed by atoms with van der Waals surface area (Å²) in [7, 11) is 0. The number of aromatic nitrogens is 2. The lowest BCUT2D eigenvalue weighted by Crippen LogP contribution is -2.25. The predicted octanol–water partition coefficient (Wildman–Crippen LogP) is 1.97. The van der Waals surface area contributed by atoms with Gasteiger partial charge >= 0.3 is 0 Å². The summed E-state index contributed by atoms with van der Waals surface area (Å²) in [4.78, 5) is 4.35. The molecule has 0 amide bonds. The number of imidazole rings is 1. The average Bonchev–Trinajstić information content (AvgIpc) is 2.73. The number of hydrogen-bond acceptors (Lipinski definition) is 2. The van der Waals surface area contributed by atoms with E-state index in [0.29, 0.717) is 5.69 Å². The van der Waals surface area contributed by atoms with Crippen molar-refractivity contribution in [1.29, 1.82) is 0 Å². The fraction of sp³-hybridized carbons (Fsp3) is 0.308. The van der Waals surface area contributed by atoms with Crippen molar-refractivity contribution in [3.05, 3.63) is 47.3 Å². The molecule has 17 heavy (non-hydrogen) atoms. The summed E-state index contributed by atoms with van der Waals surface area (Å²) >= 11 is 0. The van der Waals surface area contributed by atoms with Gasteiger partial charge in [-0.1, -0.05) is 12.1 Å². The van der Waals surface area contributed by atoms with Gasteiger partial charge in [-0.05, 0) is 18.6 Å². The SMILES string of the molecule is Cc1cccc(F)c1-n1cnc2c1CCNC2. The second-order valence-corrected chi connectivity index (χ2v) is 4.34. The Kier molecular flexibility index (Phi) is 2.44. The second kappa shape index (κ2) is 3.96. The van der Waals surface area contributed by atoms with Crippen LogP contribution in [0.1, 0.15) is 17.0 Å². The van der Waals surface area contributed by atoms with E-state index in [4.69, 9.17) is 0 Å². The summed E-state index contributed by atoms with van der Waals surface area (Å²) in [6.07, 6.45) is 2.62. The first-order valence-electron chi connectivity index (χ1n) is 5.78. The molecule has 0 saturated heterocycles. The van der Waals surface area contributed by atoms with Crippen LogP contribution in [0.4, 0.5) is 4.39 Å². The van der Waals surface area contributed by atoms with Crippen LogP contribution in [0.2, 0.25) is 0 Å². The molecule has 1 aromatic heterocycles. The van der Waals surface area contributed by atoms with Crippen LogP contribution in [0, 0.1) is 12.7 Å². The lowest BCUT2D eigenvalue weighted by atomic mass is 10.1. The van der Waals surface area contributed by atoms with E-state index in [1.54, 1.807) is 12.4 Å². The zero-order valence-electron chi connectivity index (χ0n) is 9.70. The fourth-order valence-corrected chi connectivity index (χ4v) is 2.36. The van der Waals surface area contributed by atoms with Gasteiger partial charge in [0.25, 0.3) is 0 Å². The summed E-state index contributed by atoms with van der Waals surface area (Å²) < 4.78 is 15.8. The third-order valence-electron chi connectivity index (χ3n) is 3.21. The number of rotatable bonds is 1. The van der Waals surface area contributed by atoms with Crippen LogP contribution in [0.3, 0.4) is 0 Å². The number of halogens is 1. The Morgan fingerprint density at radius 1 is 1.41 bits per heavy atom. The van der Waals surface area contributed by atoms with Crippen LogP contribution in [0.25, 0.3) is 5.69 Å². The van der Waals surface area contributed by atoms with Crippen LogP contribution >= 0.6 is 0 Å². The molecule has 1 aromatic carbocycles. The maximum Gasteiger partial charge on any atom is 0.147 e. The summed E-state index contributed by atoms with van der Waals surface area (Å²) in [5.74, 6) is -0.191. The Bertz CT molecular complexity index is 540. The van der Waals surface area contributed by atoms with E-state index in [1.165, 1.54) is 6.07 Å². The molecule has 0 spiro atoms. The van der Waals surface area contributed by atoms with E-state index >= 15 is 0 Å². The number of hydrogen-bond donors (Lipinski definition) is 1. The molecule has 88 valence electrons. The normalized spacial score (nSPS) is 14.7. The minimum Gasteiger partial charge on any atom is -0.311 e. The molecular formula is C13H14FN3. The molecule has 4 heteroatoms. The van der Waals surface area contributed by atoms with Crippen LogP contribution in [0.15, 0.2) is 24.5 Å². The maximum absolute atomic E-state index is 13.9. The van der Waals surface area contributed by atoms with Crippen molar-refractivity contribution in [3.63, 3.8) is 0 Å². The number of para-hydroxylation sites is 1. The van der Waals surface area contributed by atoms with E-state index < -0.39 is 0 Å². The Morgan fingerprint density at radius 3 is 3.12 bits per heavy atom. The molecule has 0 bridgehead atoms. The summed E-state index contributed by atoms with van der Waals surface area (Å²) in [6, 6.07) is 5.15. The monoisotopic (exact) mass is 231 g/mol. The molecule has 1 aliphatic rings. The third kappa shape index (κ3) is 1.65. The van der Waals surface area contributed by atoms with Gasteiger partial charge in [-0.2, -0.15) is 0 Å². The topological polar surface area (TPSA) is 29.9 Å². The minimum atomic E-state index is -0.191. The standard InChI is InChI=1S/C13H14FN3/c1-9-3-2-4-10(14)13(9)17-8-16-11-7-15-6-5-12(11)17/h2-4,8,15H,5-7H2,1H3. The molecular weight excluding hydrogens is 217 g/mol. The van der Waals surface area contributed by atoms with Gasteiger partial charge in [0.05, 0.1) is 17.7 Å². The van der Waals surface area contributed by atoms with E-state index in [2.05, 4.69) is 10.3 Å². The summed E-state index contributed by atoms with van der Waals surface area (Å²) in [5, 5.41) is 3.27. The molecule has 1 N–H and O–H groups in total. The molecule has 2 heterocycles. The number of aryl methyl sites for hydroxylation is 1. The minimum absolute atomic E-state index is 0.191. The molecule has 0 atom stereocenters. The van der Waals surface area contributed by atoms with E-state index in [0.717, 1.165) is 36.5 Å². The van der Waals surface area contributed by atoms with Gasteiger partial charge in [0.2, 0.25) is 0 Å². The summed E-state index contributed by atoms with van der Waals surface area (Å²) in [5.41, 5.74) is 3.71. The van der Waals surface area contributed by atoms with E-state index in [9.17, 15) is 4.39 Å². The lowest BCUT2D eigenvalue weighted by molar-refractivity contribution is 0.599. The highest BCUT2D eigenvalue weighted by atomic mass is 19.1. The van der Waals surface area contributed by atoms with Gasteiger partial charge < -0.3 is 5.32 Å². The molecule has 0 fully saturated rings. The Balaban J connectivity index is 2.19. The molecule has 3 nitrogen and oxygen atoms in total. The first-order valence-corrected chi connectivity index (χ1v) is 5.78. The molecule has 0 radical (unpaired) electrons. The average molecular weight is 231 g/mol. The van der Waals surface area contributed by atoms with Crippen molar-refractivity contribution in [1.82, 2.24) is 14.9 Å². The number of fused-ring (bicyclic) bond motifs is 1. The van der Waals surface area contributed by atoms with Gasteiger partial charge in [0.15, 0.2) is 0 Å². The van der Waals surface area contributed by atoms with Crippen molar-refractivity contribution >= 4 is 0 Å². The summed E-state index contributed by atoms with van der Waals surface area (Å²) in [6.45, 7) is 3.62. The van der Waals surface area contributed by atoms with Crippen molar-refractivity contribution < 1.29 is 4.39 Å². The van der Waals surface area contributed by atoms with Crippen LogP contribution in [0.5, 0.6) is 0 Å². The van der Waals surface area contributed by atoms with Crippen molar-refractivity contribution in [2.45, 2.75) is 19.9 Å². The molecule has 2 aromatic rings. The quantitative estimate of drug-likeness (QED) is 0.813. The third-order valence-corrected chi connectivity index (χ3v) is 3.21. The molecule has 0 aliphatic carbocycles. The van der Waals surface area contributed by atoms with Gasteiger partial charge in [0, 0.05) is 25.2 Å². The van der Waals surface area contributed by atoms with Crippen molar-refractivity contribution in [2.24, 2.45) is 0 Å². The van der Waals surface area contributed by atoms with Gasteiger partial charge in [0.1, 0.15) is 5.82 Å². The van der Waals surface area contributed by atoms with Gasteiger partial charge in [-0.3, -0.25) is 4.57 Å². The number of nitrogens with one attached hydrogen (secondary N) is 1. The zero-order chi connectivity index (χ0) is 11.8. The van der Waals surface area contributed by atoms with Gasteiger partial charge in [-0.15, -0.1) is 0 Å². The molecule has 0 saturated carbocycles. The second-order valence-electron chi connectivity index (χ2n) is 4.34. The smallest absolute Gasteiger partial charge is 0.147 e. The van der Waals surface area contributed by atoms with Crippen molar-refractivity contribution in [2.75, 3.05) is 6.54 Å². The van der Waals surface area contributed by atoms with Crippen molar-refractivity contribution in [3.8, 4) is 5.69 Å². The van der Waals surface area contributed by atoms with Gasteiger partial charge in [-0.25, -0.2) is 9.37 Å². The highest BCUT2D eigenvalue weighted by Gasteiger charge is 2.18. The largest absolute Gasteiger partial charge is 0.311 e. The highest BCUT2D eigenvalue weighted by Crippen LogP contribution is 2.23. The maximum atomic E-state index is 13.9.